The number of amides is 2. The molecule has 0 N–H and O–H groups in total. The Morgan fingerprint density at radius 3 is 2.62 bits per heavy atom. The minimum Gasteiger partial charge on any atom is -0.365 e. The maximum Gasteiger partial charge on any atom is 0.352 e. The number of piperazine rings is 1. The number of nitro groups is 1. The summed E-state index contributed by atoms with van der Waals surface area (Å²) in [5.74, 6) is -0.379. The van der Waals surface area contributed by atoms with Crippen molar-refractivity contribution in [2.24, 2.45) is 5.92 Å². The first kappa shape index (κ1) is 19.9. The molecule has 0 aromatic carbocycles. The molecular weight excluding hydrogens is 392 g/mol. The smallest absolute Gasteiger partial charge is 0.352 e. The van der Waals surface area contributed by atoms with Crippen molar-refractivity contribution in [3.63, 3.8) is 0 Å². The second kappa shape index (κ2) is 8.14. The minimum atomic E-state index is -0.507. The highest BCUT2D eigenvalue weighted by Crippen LogP contribution is 2.40. The van der Waals surface area contributed by atoms with Gasteiger partial charge in [0.25, 0.3) is 0 Å². The molecule has 0 radical (unpaired) electrons. The lowest BCUT2D eigenvalue weighted by molar-refractivity contribution is -0.424. The molecule has 1 aliphatic carbocycles. The van der Waals surface area contributed by atoms with Gasteiger partial charge in [-0.2, -0.15) is 0 Å². The van der Waals surface area contributed by atoms with Crippen LogP contribution in [0.4, 0.5) is 0 Å². The summed E-state index contributed by atoms with van der Waals surface area (Å²) in [6.07, 6.45) is 4.23. The number of carbonyl (C=O) groups is 2. The van der Waals surface area contributed by atoms with E-state index in [1.165, 1.54) is 0 Å². The van der Waals surface area contributed by atoms with E-state index in [9.17, 15) is 19.7 Å². The van der Waals surface area contributed by atoms with E-state index < -0.39 is 10.8 Å². The van der Waals surface area contributed by atoms with Crippen molar-refractivity contribution >= 4 is 23.2 Å². The number of hydrogen-bond acceptors (Lipinski definition) is 6. The zero-order valence-corrected chi connectivity index (χ0v) is 17.4. The molecule has 2 unspecified atom stereocenters. The Labute approximate surface area is 173 Å². The molecule has 1 aromatic heterocycles. The topological polar surface area (TPSA) is 87.0 Å². The Morgan fingerprint density at radius 1 is 1.24 bits per heavy atom. The number of likely N-dealkylation sites (N-methyl/N-ethyl adjacent to an activating group) is 1. The summed E-state index contributed by atoms with van der Waals surface area (Å²) in [5, 5.41) is 13.8. The molecule has 3 heterocycles. The van der Waals surface area contributed by atoms with Crippen LogP contribution in [0, 0.1) is 16.0 Å². The first-order valence-electron chi connectivity index (χ1n) is 10.2. The van der Waals surface area contributed by atoms with Crippen molar-refractivity contribution < 1.29 is 14.5 Å². The van der Waals surface area contributed by atoms with Crippen molar-refractivity contribution in [1.82, 2.24) is 14.7 Å². The number of thiophene rings is 1. The van der Waals surface area contributed by atoms with Crippen molar-refractivity contribution in [1.29, 1.82) is 0 Å². The molecule has 3 aliphatic rings. The van der Waals surface area contributed by atoms with Crippen LogP contribution in [-0.4, -0.2) is 70.7 Å². The lowest BCUT2D eigenvalue weighted by atomic mass is 9.78. The SMILES string of the molecule is CN1C(=O)C([N+](=O)[O-])=C(N2CCN(C(=O)Cc3cccs3)CC2)C2CCCCC21. The molecule has 29 heavy (non-hydrogen) atoms. The lowest BCUT2D eigenvalue weighted by Crippen LogP contribution is -2.56. The normalized spacial score (nSPS) is 25.3. The van der Waals surface area contributed by atoms with Gasteiger partial charge in [-0.05, 0) is 24.3 Å². The second-order valence-electron chi connectivity index (χ2n) is 7.99. The molecular formula is C20H26N4O4S. The van der Waals surface area contributed by atoms with Crippen molar-refractivity contribution in [2.75, 3.05) is 33.2 Å². The van der Waals surface area contributed by atoms with Crippen LogP contribution in [0.3, 0.4) is 0 Å². The summed E-state index contributed by atoms with van der Waals surface area (Å²) in [6, 6.07) is 3.93. The fraction of sp³-hybridized carbons (Fsp3) is 0.600. The van der Waals surface area contributed by atoms with Crippen LogP contribution in [0.25, 0.3) is 0 Å². The molecule has 8 nitrogen and oxygen atoms in total. The predicted octanol–water partition coefficient (Wildman–Crippen LogP) is 1.95. The van der Waals surface area contributed by atoms with E-state index in [4.69, 9.17) is 0 Å². The van der Waals surface area contributed by atoms with Gasteiger partial charge in [0.15, 0.2) is 0 Å². The van der Waals surface area contributed by atoms with E-state index in [-0.39, 0.29) is 23.6 Å². The average molecular weight is 419 g/mol. The van der Waals surface area contributed by atoms with E-state index in [1.807, 2.05) is 27.3 Å². The molecule has 156 valence electrons. The Hall–Kier alpha value is -2.42. The summed E-state index contributed by atoms with van der Waals surface area (Å²) in [5.41, 5.74) is 0.335. The van der Waals surface area contributed by atoms with Crippen LogP contribution in [0.5, 0.6) is 0 Å². The van der Waals surface area contributed by atoms with Gasteiger partial charge in [0.1, 0.15) is 5.70 Å². The molecule has 9 heteroatoms. The zero-order valence-electron chi connectivity index (χ0n) is 16.6. The first-order chi connectivity index (χ1) is 14.0. The number of hydrogen-bond donors (Lipinski definition) is 0. The van der Waals surface area contributed by atoms with Crippen LogP contribution < -0.4 is 0 Å². The minimum absolute atomic E-state index is 0.0141. The van der Waals surface area contributed by atoms with Gasteiger partial charge >= 0.3 is 11.6 Å². The van der Waals surface area contributed by atoms with Gasteiger partial charge in [0.05, 0.1) is 11.3 Å². The molecule has 0 spiro atoms. The molecule has 0 bridgehead atoms. The van der Waals surface area contributed by atoms with E-state index in [0.29, 0.717) is 38.3 Å². The van der Waals surface area contributed by atoms with Crippen molar-refractivity contribution in [3.05, 3.63) is 43.9 Å². The predicted molar refractivity (Wildman–Crippen MR) is 109 cm³/mol. The molecule has 2 amide bonds. The Balaban J connectivity index is 1.52. The third-order valence-corrected chi connectivity index (χ3v) is 7.28. The summed E-state index contributed by atoms with van der Waals surface area (Å²) in [4.78, 5) is 43.1. The first-order valence-corrected chi connectivity index (χ1v) is 11.1. The summed E-state index contributed by atoms with van der Waals surface area (Å²) in [6.45, 7) is 2.12. The largest absolute Gasteiger partial charge is 0.365 e. The highest BCUT2D eigenvalue weighted by Gasteiger charge is 2.48. The third-order valence-electron chi connectivity index (χ3n) is 6.40. The quantitative estimate of drug-likeness (QED) is 0.551. The average Bonchev–Trinajstić information content (AvgIpc) is 3.23. The highest BCUT2D eigenvalue weighted by atomic mass is 32.1. The Morgan fingerprint density at radius 2 is 1.97 bits per heavy atom. The monoisotopic (exact) mass is 418 g/mol. The number of fused-ring (bicyclic) bond motifs is 1. The zero-order chi connectivity index (χ0) is 20.5. The van der Waals surface area contributed by atoms with Crippen LogP contribution in [0.2, 0.25) is 0 Å². The van der Waals surface area contributed by atoms with Crippen LogP contribution in [-0.2, 0) is 16.0 Å². The molecule has 2 fully saturated rings. The van der Waals surface area contributed by atoms with Crippen LogP contribution in [0.15, 0.2) is 28.9 Å². The van der Waals surface area contributed by atoms with Gasteiger partial charge in [0.2, 0.25) is 5.91 Å². The van der Waals surface area contributed by atoms with Crippen LogP contribution in [0.1, 0.15) is 30.6 Å². The standard InChI is InChI=1S/C20H26N4O4S/c1-21-16-7-3-2-6-15(16)18(19(20(21)26)24(27)28)23-10-8-22(9-11-23)17(25)13-14-5-4-12-29-14/h4-5,12,15-16H,2-3,6-11,13H2,1H3. The van der Waals surface area contributed by atoms with E-state index in [0.717, 1.165) is 30.6 Å². The number of rotatable bonds is 4. The molecule has 1 saturated heterocycles. The fourth-order valence-electron chi connectivity index (χ4n) is 4.92. The highest BCUT2D eigenvalue weighted by molar-refractivity contribution is 7.10. The third kappa shape index (κ3) is 3.75. The summed E-state index contributed by atoms with van der Waals surface area (Å²) in [7, 11) is 1.69. The molecule has 2 atom stereocenters. The second-order valence-corrected chi connectivity index (χ2v) is 9.02. The van der Waals surface area contributed by atoms with Crippen LogP contribution >= 0.6 is 11.3 Å². The fourth-order valence-corrected chi connectivity index (χ4v) is 5.62. The molecule has 2 aliphatic heterocycles. The maximum atomic E-state index is 12.8. The van der Waals surface area contributed by atoms with Gasteiger partial charge in [-0.3, -0.25) is 19.7 Å². The van der Waals surface area contributed by atoms with E-state index >= 15 is 0 Å². The number of carbonyl (C=O) groups excluding carboxylic acids is 2. The summed E-state index contributed by atoms with van der Waals surface area (Å²) >= 11 is 1.57. The maximum absolute atomic E-state index is 12.8. The van der Waals surface area contributed by atoms with Crippen molar-refractivity contribution in [3.8, 4) is 0 Å². The van der Waals surface area contributed by atoms with Gasteiger partial charge in [-0.1, -0.05) is 18.9 Å². The lowest BCUT2D eigenvalue weighted by Gasteiger charge is -2.46. The van der Waals surface area contributed by atoms with E-state index in [2.05, 4.69) is 0 Å². The molecule has 1 aromatic rings. The summed E-state index contributed by atoms with van der Waals surface area (Å²) < 4.78 is 0. The van der Waals surface area contributed by atoms with Gasteiger partial charge in [-0.15, -0.1) is 11.3 Å². The Kier molecular flexibility index (Phi) is 5.58. The van der Waals surface area contributed by atoms with Gasteiger partial charge < -0.3 is 14.7 Å². The molecule has 4 rings (SSSR count). The Bertz CT molecular complexity index is 830. The van der Waals surface area contributed by atoms with Crippen molar-refractivity contribution in [2.45, 2.75) is 38.1 Å². The van der Waals surface area contributed by atoms with E-state index in [1.54, 1.807) is 23.3 Å². The number of nitrogens with zero attached hydrogens (tertiary/aromatic N) is 4. The van der Waals surface area contributed by atoms with Gasteiger partial charge in [-0.25, -0.2) is 0 Å². The molecule has 1 saturated carbocycles. The van der Waals surface area contributed by atoms with Gasteiger partial charge in [0, 0.05) is 50.1 Å².